The Bertz CT molecular complexity index is 1420. The SMILES string of the molecule is C=CC(=O)N1C[C@H](N=C2c3cc[nH]c3NCN2C(c2ccccc2)(c2ccccc2)c2ccccc2)C[C@@H](OC)C1. The highest BCUT2D eigenvalue weighted by atomic mass is 16.5. The molecule has 0 aliphatic carbocycles. The van der Waals surface area contributed by atoms with E-state index < -0.39 is 5.54 Å². The molecule has 0 radical (unpaired) electrons. The molecule has 3 heterocycles. The van der Waals surface area contributed by atoms with Crippen LogP contribution in [-0.4, -0.2) is 65.5 Å². The molecule has 7 nitrogen and oxygen atoms in total. The highest BCUT2D eigenvalue weighted by molar-refractivity contribution is 6.05. The van der Waals surface area contributed by atoms with Gasteiger partial charge in [-0.1, -0.05) is 97.6 Å². The number of aromatic amines is 1. The Morgan fingerprint density at radius 2 is 1.51 bits per heavy atom. The zero-order chi connectivity index (χ0) is 28.2. The number of nitrogens with one attached hydrogen (secondary N) is 2. The Labute approximate surface area is 241 Å². The number of hydrogen-bond acceptors (Lipinski definition) is 4. The van der Waals surface area contributed by atoms with Crippen molar-refractivity contribution in [1.82, 2.24) is 14.8 Å². The van der Waals surface area contributed by atoms with E-state index >= 15 is 0 Å². The van der Waals surface area contributed by atoms with Crippen LogP contribution in [0.3, 0.4) is 0 Å². The van der Waals surface area contributed by atoms with Gasteiger partial charge in [-0.25, -0.2) is 0 Å². The standard InChI is InChI=1S/C34H35N5O2/c1-3-31(40)38-22-28(21-29(23-38)41-2)37-33-30-19-20-35-32(30)36-24-39(33)34(25-13-7-4-8-14-25,26-15-9-5-10-16-26)27-17-11-6-12-18-27/h3-20,28-29,35-36H,1,21-24H2,2H3/t28-,29-/m1/s1. The summed E-state index contributed by atoms with van der Waals surface area (Å²) in [6.45, 7) is 5.26. The summed E-state index contributed by atoms with van der Waals surface area (Å²) >= 11 is 0. The molecule has 1 amide bonds. The third kappa shape index (κ3) is 4.83. The topological polar surface area (TPSA) is 73.0 Å². The minimum Gasteiger partial charge on any atom is -0.380 e. The van der Waals surface area contributed by atoms with Gasteiger partial charge in [0, 0.05) is 26.4 Å². The summed E-state index contributed by atoms with van der Waals surface area (Å²) in [6.07, 6.45) is 3.93. The van der Waals surface area contributed by atoms with Gasteiger partial charge in [0.2, 0.25) is 5.91 Å². The van der Waals surface area contributed by atoms with Gasteiger partial charge in [-0.15, -0.1) is 0 Å². The number of benzene rings is 3. The number of likely N-dealkylation sites (tertiary alicyclic amines) is 1. The number of amidine groups is 1. The van der Waals surface area contributed by atoms with Crippen LogP contribution >= 0.6 is 0 Å². The zero-order valence-corrected chi connectivity index (χ0v) is 23.2. The highest BCUT2D eigenvalue weighted by Crippen LogP contribution is 2.45. The Hall–Kier alpha value is -4.62. The van der Waals surface area contributed by atoms with Crippen LogP contribution in [0.1, 0.15) is 28.7 Å². The van der Waals surface area contributed by atoms with Crippen LogP contribution in [-0.2, 0) is 15.1 Å². The quantitative estimate of drug-likeness (QED) is 0.246. The van der Waals surface area contributed by atoms with Crippen molar-refractivity contribution in [3.8, 4) is 0 Å². The Morgan fingerprint density at radius 3 is 2.05 bits per heavy atom. The first-order valence-corrected chi connectivity index (χ1v) is 14.0. The summed E-state index contributed by atoms with van der Waals surface area (Å²) in [7, 11) is 1.70. The third-order valence-corrected chi connectivity index (χ3v) is 8.15. The molecule has 2 aliphatic heterocycles. The largest absolute Gasteiger partial charge is 0.380 e. The predicted octanol–water partition coefficient (Wildman–Crippen LogP) is 5.24. The maximum absolute atomic E-state index is 12.7. The molecule has 41 heavy (non-hydrogen) atoms. The van der Waals surface area contributed by atoms with E-state index in [1.54, 1.807) is 12.0 Å². The fourth-order valence-electron chi connectivity index (χ4n) is 6.28. The van der Waals surface area contributed by atoms with Crippen molar-refractivity contribution in [1.29, 1.82) is 0 Å². The molecule has 208 valence electrons. The number of H-pyrrole nitrogens is 1. The van der Waals surface area contributed by atoms with Crippen molar-refractivity contribution < 1.29 is 9.53 Å². The molecule has 2 N–H and O–H groups in total. The summed E-state index contributed by atoms with van der Waals surface area (Å²) in [5.41, 5.74) is 3.69. The van der Waals surface area contributed by atoms with Crippen LogP contribution in [0.15, 0.2) is 121 Å². The van der Waals surface area contributed by atoms with Crippen molar-refractivity contribution in [2.24, 2.45) is 4.99 Å². The first kappa shape index (κ1) is 26.6. The number of nitrogens with zero attached hydrogens (tertiary/aromatic N) is 3. The third-order valence-electron chi connectivity index (χ3n) is 8.15. The van der Waals surface area contributed by atoms with Crippen LogP contribution in [0.5, 0.6) is 0 Å². The molecule has 1 aromatic heterocycles. The number of methoxy groups -OCH3 is 1. The second kappa shape index (κ2) is 11.5. The number of hydrogen-bond donors (Lipinski definition) is 2. The van der Waals surface area contributed by atoms with Gasteiger partial charge in [0.05, 0.1) is 24.4 Å². The Kier molecular flexibility index (Phi) is 7.44. The lowest BCUT2D eigenvalue weighted by Gasteiger charge is -2.49. The smallest absolute Gasteiger partial charge is 0.246 e. The number of piperidine rings is 1. The molecule has 2 atom stereocenters. The van der Waals surface area contributed by atoms with Crippen LogP contribution in [0.2, 0.25) is 0 Å². The number of aromatic nitrogens is 1. The van der Waals surface area contributed by atoms with E-state index in [0.717, 1.165) is 40.3 Å². The van der Waals surface area contributed by atoms with Crippen molar-refractivity contribution in [2.45, 2.75) is 24.1 Å². The number of fused-ring (bicyclic) bond motifs is 1. The zero-order valence-electron chi connectivity index (χ0n) is 23.2. The fourth-order valence-corrected chi connectivity index (χ4v) is 6.28. The van der Waals surface area contributed by atoms with E-state index in [1.807, 2.05) is 6.20 Å². The van der Waals surface area contributed by atoms with Gasteiger partial charge in [-0.05, 0) is 35.3 Å². The summed E-state index contributed by atoms with van der Waals surface area (Å²) in [5.74, 6) is 1.69. The van der Waals surface area contributed by atoms with E-state index in [2.05, 4.69) is 119 Å². The summed E-state index contributed by atoms with van der Waals surface area (Å²) in [6, 6.07) is 33.8. The summed E-state index contributed by atoms with van der Waals surface area (Å²) in [5, 5.41) is 3.62. The molecule has 1 saturated heterocycles. The normalized spacial score (nSPS) is 19.9. The van der Waals surface area contributed by atoms with Crippen LogP contribution in [0, 0.1) is 0 Å². The highest BCUT2D eigenvalue weighted by Gasteiger charge is 2.46. The average molecular weight is 546 g/mol. The predicted molar refractivity (Wildman–Crippen MR) is 163 cm³/mol. The van der Waals surface area contributed by atoms with Crippen molar-refractivity contribution in [2.75, 3.05) is 32.2 Å². The van der Waals surface area contributed by atoms with E-state index in [0.29, 0.717) is 19.8 Å². The lowest BCUT2D eigenvalue weighted by molar-refractivity contribution is -0.129. The number of anilines is 1. The Balaban J connectivity index is 1.58. The van der Waals surface area contributed by atoms with Gasteiger partial charge in [0.1, 0.15) is 17.2 Å². The molecule has 1 fully saturated rings. The van der Waals surface area contributed by atoms with Crippen molar-refractivity contribution >= 4 is 17.6 Å². The first-order chi connectivity index (χ1) is 20.1. The van der Waals surface area contributed by atoms with E-state index in [-0.39, 0.29) is 18.1 Å². The van der Waals surface area contributed by atoms with Crippen molar-refractivity contribution in [3.63, 3.8) is 0 Å². The van der Waals surface area contributed by atoms with Gasteiger partial charge in [-0.2, -0.15) is 0 Å². The molecule has 6 rings (SSSR count). The lowest BCUT2D eigenvalue weighted by Crippen LogP contribution is -2.56. The maximum atomic E-state index is 12.7. The number of carbonyl (C=O) groups is 1. The molecule has 7 heteroatoms. The van der Waals surface area contributed by atoms with Crippen LogP contribution in [0.25, 0.3) is 0 Å². The fraction of sp³-hybridized carbons (Fsp3) is 0.235. The molecule has 0 spiro atoms. The molecule has 3 aromatic carbocycles. The lowest BCUT2D eigenvalue weighted by atomic mass is 9.75. The number of aliphatic imine (C=N–C) groups is 1. The van der Waals surface area contributed by atoms with Crippen LogP contribution < -0.4 is 5.32 Å². The van der Waals surface area contributed by atoms with Gasteiger partial charge >= 0.3 is 0 Å². The van der Waals surface area contributed by atoms with Gasteiger partial charge in [0.15, 0.2) is 0 Å². The second-order valence-electron chi connectivity index (χ2n) is 10.5. The van der Waals surface area contributed by atoms with Crippen molar-refractivity contribution in [3.05, 3.63) is 138 Å². The van der Waals surface area contributed by atoms with Gasteiger partial charge < -0.3 is 24.8 Å². The molecule has 0 unspecified atom stereocenters. The van der Waals surface area contributed by atoms with Crippen LogP contribution in [0.4, 0.5) is 5.82 Å². The number of amides is 1. The van der Waals surface area contributed by atoms with Gasteiger partial charge in [-0.3, -0.25) is 9.79 Å². The maximum Gasteiger partial charge on any atom is 0.246 e. The van der Waals surface area contributed by atoms with E-state index in [4.69, 9.17) is 9.73 Å². The van der Waals surface area contributed by atoms with Gasteiger partial charge in [0.25, 0.3) is 0 Å². The number of rotatable bonds is 7. The molecule has 0 saturated carbocycles. The molecular weight excluding hydrogens is 510 g/mol. The number of carbonyl (C=O) groups excluding carboxylic acids is 1. The van der Waals surface area contributed by atoms with E-state index in [1.165, 1.54) is 6.08 Å². The Morgan fingerprint density at radius 1 is 0.927 bits per heavy atom. The minimum atomic E-state index is -0.698. The average Bonchev–Trinajstić information content (AvgIpc) is 3.53. The summed E-state index contributed by atoms with van der Waals surface area (Å²) in [4.78, 5) is 25.7. The number of ether oxygens (including phenoxy) is 1. The monoisotopic (exact) mass is 545 g/mol. The second-order valence-corrected chi connectivity index (χ2v) is 10.5. The summed E-state index contributed by atoms with van der Waals surface area (Å²) < 4.78 is 5.76. The van der Waals surface area contributed by atoms with E-state index in [9.17, 15) is 4.79 Å². The molecule has 0 bridgehead atoms. The minimum absolute atomic E-state index is 0.103. The molecule has 2 aliphatic rings. The molecule has 4 aromatic rings. The molecular formula is C34H35N5O2. The first-order valence-electron chi connectivity index (χ1n) is 14.0.